The van der Waals surface area contributed by atoms with Gasteiger partial charge in [-0.3, -0.25) is 0 Å². The van der Waals surface area contributed by atoms with Crippen molar-refractivity contribution in [1.29, 1.82) is 0 Å². The molecule has 2 aromatic rings. The van der Waals surface area contributed by atoms with Gasteiger partial charge >= 0.3 is 5.97 Å². The van der Waals surface area contributed by atoms with Crippen LogP contribution in [0.25, 0.3) is 11.1 Å². The van der Waals surface area contributed by atoms with Crippen molar-refractivity contribution >= 4 is 21.9 Å². The zero-order valence-electron chi connectivity index (χ0n) is 12.5. The van der Waals surface area contributed by atoms with E-state index in [1.54, 1.807) is 12.1 Å². The molecular weight excluding hydrogens is 328 g/mol. The van der Waals surface area contributed by atoms with Gasteiger partial charge in [-0.2, -0.15) is 0 Å². The molecule has 0 radical (unpaired) electrons. The van der Waals surface area contributed by atoms with Crippen LogP contribution in [0.5, 0.6) is 0 Å². The number of benzene rings is 2. The Kier molecular flexibility index (Phi) is 4.84. The zero-order chi connectivity index (χ0) is 15.5. The Morgan fingerprint density at radius 3 is 2.05 bits per heavy atom. The molecule has 0 amide bonds. The molecule has 0 bridgehead atoms. The number of ether oxygens (including phenoxy) is 1. The van der Waals surface area contributed by atoms with Gasteiger partial charge in [0, 0.05) is 0 Å². The van der Waals surface area contributed by atoms with Gasteiger partial charge in [0.15, 0.2) is 0 Å². The molecule has 0 fully saturated rings. The van der Waals surface area contributed by atoms with Crippen LogP contribution in [0, 0.1) is 0 Å². The summed E-state index contributed by atoms with van der Waals surface area (Å²) in [6, 6.07) is 17.6. The Morgan fingerprint density at radius 1 is 1.00 bits per heavy atom. The van der Waals surface area contributed by atoms with E-state index in [0.29, 0.717) is 5.56 Å². The molecular formula is C18H19BrO2. The molecule has 1 atom stereocenters. The lowest BCUT2D eigenvalue weighted by Crippen LogP contribution is -2.31. The van der Waals surface area contributed by atoms with Crippen LogP contribution >= 0.6 is 15.9 Å². The number of hydrogen-bond donors (Lipinski definition) is 0. The molecule has 3 heteroatoms. The summed E-state index contributed by atoms with van der Waals surface area (Å²) in [5.41, 5.74) is 2.78. The summed E-state index contributed by atoms with van der Waals surface area (Å²) in [7, 11) is 0. The van der Waals surface area contributed by atoms with Crippen LogP contribution in [0.3, 0.4) is 0 Å². The third-order valence-electron chi connectivity index (χ3n) is 3.48. The molecule has 0 saturated carbocycles. The quantitative estimate of drug-likeness (QED) is 0.570. The van der Waals surface area contributed by atoms with E-state index >= 15 is 0 Å². The largest absolute Gasteiger partial charge is 0.458 e. The molecule has 0 saturated heterocycles. The van der Waals surface area contributed by atoms with E-state index in [0.717, 1.165) is 11.1 Å². The van der Waals surface area contributed by atoms with Crippen molar-refractivity contribution in [3.63, 3.8) is 0 Å². The van der Waals surface area contributed by atoms with Gasteiger partial charge in [-0.25, -0.2) is 4.79 Å². The van der Waals surface area contributed by atoms with E-state index in [2.05, 4.69) is 15.9 Å². The van der Waals surface area contributed by atoms with Crippen molar-refractivity contribution in [2.75, 3.05) is 0 Å². The van der Waals surface area contributed by atoms with Crippen LogP contribution in [0.2, 0.25) is 0 Å². The lowest BCUT2D eigenvalue weighted by atomic mass is 10.0. The van der Waals surface area contributed by atoms with Crippen molar-refractivity contribution in [3.05, 3.63) is 60.2 Å². The fourth-order valence-electron chi connectivity index (χ4n) is 1.80. The van der Waals surface area contributed by atoms with Crippen molar-refractivity contribution in [3.8, 4) is 11.1 Å². The number of carbonyl (C=O) groups excluding carboxylic acids is 1. The van der Waals surface area contributed by atoms with E-state index in [1.807, 2.05) is 63.2 Å². The molecule has 1 unspecified atom stereocenters. The van der Waals surface area contributed by atoms with E-state index < -0.39 is 0 Å². The Hall–Kier alpha value is -1.61. The van der Waals surface area contributed by atoms with E-state index in [-0.39, 0.29) is 16.4 Å². The maximum Gasteiger partial charge on any atom is 0.338 e. The van der Waals surface area contributed by atoms with Gasteiger partial charge in [0.05, 0.1) is 9.89 Å². The first-order valence-corrected chi connectivity index (χ1v) is 7.72. The Labute approximate surface area is 134 Å². The van der Waals surface area contributed by atoms with Gasteiger partial charge in [-0.1, -0.05) is 58.4 Å². The second kappa shape index (κ2) is 6.44. The van der Waals surface area contributed by atoms with Gasteiger partial charge in [0.25, 0.3) is 0 Å². The number of alkyl halides is 1. The molecule has 0 aliphatic heterocycles. The van der Waals surface area contributed by atoms with Crippen LogP contribution in [-0.4, -0.2) is 16.4 Å². The minimum absolute atomic E-state index is 0.209. The fraction of sp³-hybridized carbons (Fsp3) is 0.278. The summed E-state index contributed by atoms with van der Waals surface area (Å²) in [4.78, 5) is 12.1. The predicted molar refractivity (Wildman–Crippen MR) is 89.8 cm³/mol. The van der Waals surface area contributed by atoms with Crippen molar-refractivity contribution in [1.82, 2.24) is 0 Å². The molecule has 0 aliphatic rings. The molecule has 0 spiro atoms. The highest BCUT2D eigenvalue weighted by molar-refractivity contribution is 9.10. The molecule has 21 heavy (non-hydrogen) atoms. The van der Waals surface area contributed by atoms with Gasteiger partial charge < -0.3 is 4.74 Å². The molecule has 2 nitrogen and oxygen atoms in total. The smallest absolute Gasteiger partial charge is 0.338 e. The maximum atomic E-state index is 12.1. The Bertz CT molecular complexity index is 597. The average molecular weight is 347 g/mol. The summed E-state index contributed by atoms with van der Waals surface area (Å²) in [5.74, 6) is -0.297. The second-order valence-electron chi connectivity index (χ2n) is 5.56. The van der Waals surface area contributed by atoms with E-state index in [4.69, 9.17) is 4.74 Å². The minimum atomic E-state index is -0.297. The summed E-state index contributed by atoms with van der Waals surface area (Å²) >= 11 is 3.51. The summed E-state index contributed by atoms with van der Waals surface area (Å²) in [6.45, 7) is 5.83. The van der Waals surface area contributed by atoms with Crippen molar-refractivity contribution in [2.45, 2.75) is 31.2 Å². The SMILES string of the molecule is CC(OC(=O)c1ccc(-c2ccccc2)cc1)C(C)(C)Br. The molecule has 2 aromatic carbocycles. The van der Waals surface area contributed by atoms with Gasteiger partial charge in [0.1, 0.15) is 6.10 Å². The van der Waals surface area contributed by atoms with Crippen LogP contribution in [-0.2, 0) is 4.74 Å². The lowest BCUT2D eigenvalue weighted by Gasteiger charge is -2.25. The van der Waals surface area contributed by atoms with E-state index in [9.17, 15) is 4.79 Å². The zero-order valence-corrected chi connectivity index (χ0v) is 14.1. The number of rotatable bonds is 4. The minimum Gasteiger partial charge on any atom is -0.458 e. The predicted octanol–water partition coefficient (Wildman–Crippen LogP) is 5.07. The third-order valence-corrected chi connectivity index (χ3v) is 4.12. The standard InChI is InChI=1S/C18H19BrO2/c1-13(18(2,3)19)21-17(20)16-11-9-15(10-12-16)14-7-5-4-6-8-14/h4-13H,1-3H3. The van der Waals surface area contributed by atoms with Gasteiger partial charge in [-0.15, -0.1) is 0 Å². The normalized spacial score (nSPS) is 12.8. The Balaban J connectivity index is 2.11. The van der Waals surface area contributed by atoms with Crippen LogP contribution in [0.4, 0.5) is 0 Å². The highest BCUT2D eigenvalue weighted by atomic mass is 79.9. The van der Waals surface area contributed by atoms with Crippen molar-refractivity contribution in [2.24, 2.45) is 0 Å². The summed E-state index contributed by atoms with van der Waals surface area (Å²) < 4.78 is 5.22. The fourth-order valence-corrected chi connectivity index (χ4v) is 1.89. The van der Waals surface area contributed by atoms with Crippen LogP contribution in [0.15, 0.2) is 54.6 Å². The first kappa shape index (κ1) is 15.8. The van der Waals surface area contributed by atoms with Gasteiger partial charge in [0.2, 0.25) is 0 Å². The first-order chi connectivity index (χ1) is 9.88. The molecule has 0 aromatic heterocycles. The number of halogens is 1. The molecule has 0 aliphatic carbocycles. The molecule has 0 heterocycles. The van der Waals surface area contributed by atoms with Gasteiger partial charge in [-0.05, 0) is 44.0 Å². The second-order valence-corrected chi connectivity index (χ2v) is 7.60. The first-order valence-electron chi connectivity index (χ1n) is 6.93. The highest BCUT2D eigenvalue weighted by Gasteiger charge is 2.26. The third kappa shape index (κ3) is 4.18. The lowest BCUT2D eigenvalue weighted by molar-refractivity contribution is 0.0284. The highest BCUT2D eigenvalue weighted by Crippen LogP contribution is 2.24. The van der Waals surface area contributed by atoms with E-state index in [1.165, 1.54) is 0 Å². The molecule has 110 valence electrons. The Morgan fingerprint density at radius 2 is 1.52 bits per heavy atom. The maximum absolute atomic E-state index is 12.1. The number of carbonyl (C=O) groups is 1. The number of hydrogen-bond acceptors (Lipinski definition) is 2. The monoisotopic (exact) mass is 346 g/mol. The topological polar surface area (TPSA) is 26.3 Å². The summed E-state index contributed by atoms with van der Waals surface area (Å²) in [5, 5.41) is 0. The van der Waals surface area contributed by atoms with Crippen LogP contribution < -0.4 is 0 Å². The van der Waals surface area contributed by atoms with Crippen molar-refractivity contribution < 1.29 is 9.53 Å². The average Bonchev–Trinajstić information content (AvgIpc) is 2.47. The molecule has 0 N–H and O–H groups in total. The number of esters is 1. The molecule has 2 rings (SSSR count). The van der Waals surface area contributed by atoms with Crippen LogP contribution in [0.1, 0.15) is 31.1 Å². The summed E-state index contributed by atoms with van der Waals surface area (Å²) in [6.07, 6.45) is -0.209.